The van der Waals surface area contributed by atoms with Crippen molar-refractivity contribution in [1.82, 2.24) is 25.5 Å². The molecule has 8 heteroatoms. The Labute approximate surface area is 133 Å². The van der Waals surface area contributed by atoms with Crippen molar-refractivity contribution in [2.45, 2.75) is 26.3 Å². The summed E-state index contributed by atoms with van der Waals surface area (Å²) < 4.78 is 18.4. The number of carbonyl (C=O) groups is 1. The second-order valence-corrected chi connectivity index (χ2v) is 4.96. The third kappa shape index (κ3) is 4.82. The number of halogens is 1. The van der Waals surface area contributed by atoms with Crippen LogP contribution in [0.15, 0.2) is 24.3 Å². The van der Waals surface area contributed by atoms with Gasteiger partial charge in [0, 0.05) is 25.3 Å². The number of aromatic nitrogens is 4. The van der Waals surface area contributed by atoms with Gasteiger partial charge in [0.05, 0.1) is 0 Å². The molecule has 0 aliphatic rings. The fraction of sp³-hybridized carbons (Fsp3) is 0.467. The number of nitrogens with one attached hydrogen (secondary N) is 1. The maximum Gasteiger partial charge on any atom is 0.246 e. The summed E-state index contributed by atoms with van der Waals surface area (Å²) in [5.74, 6) is -0.302. The van der Waals surface area contributed by atoms with Crippen molar-refractivity contribution in [3.63, 3.8) is 0 Å². The summed E-state index contributed by atoms with van der Waals surface area (Å²) in [6.45, 7) is 5.39. The lowest BCUT2D eigenvalue weighted by Gasteiger charge is -2.10. The molecular formula is C15H20FN5O2. The molecule has 124 valence electrons. The van der Waals surface area contributed by atoms with Crippen LogP contribution in [0.3, 0.4) is 0 Å². The van der Waals surface area contributed by atoms with E-state index in [1.165, 1.54) is 16.9 Å². The molecule has 0 saturated heterocycles. The number of benzene rings is 1. The van der Waals surface area contributed by atoms with Crippen molar-refractivity contribution in [2.24, 2.45) is 0 Å². The average molecular weight is 321 g/mol. The number of hydrogen-bond acceptors (Lipinski definition) is 5. The minimum absolute atomic E-state index is 0.204. The van der Waals surface area contributed by atoms with Crippen molar-refractivity contribution in [3.8, 4) is 11.4 Å². The zero-order valence-corrected chi connectivity index (χ0v) is 13.2. The SMILES string of the molecule is CCOCCCNC(=O)[C@@H](C)n1nnc(-c2cccc(F)c2)n1. The molecule has 2 rings (SSSR count). The van der Waals surface area contributed by atoms with Crippen LogP contribution in [-0.4, -0.2) is 45.9 Å². The highest BCUT2D eigenvalue weighted by Gasteiger charge is 2.18. The van der Waals surface area contributed by atoms with E-state index < -0.39 is 6.04 Å². The molecule has 1 amide bonds. The van der Waals surface area contributed by atoms with Crippen LogP contribution in [0.4, 0.5) is 4.39 Å². The van der Waals surface area contributed by atoms with E-state index in [-0.39, 0.29) is 17.5 Å². The predicted molar refractivity (Wildman–Crippen MR) is 82.0 cm³/mol. The van der Waals surface area contributed by atoms with Gasteiger partial charge in [-0.25, -0.2) is 4.39 Å². The molecule has 2 aromatic rings. The third-order valence-electron chi connectivity index (χ3n) is 3.21. The summed E-state index contributed by atoms with van der Waals surface area (Å²) in [5, 5.41) is 14.7. The second-order valence-electron chi connectivity index (χ2n) is 4.96. The molecule has 1 atom stereocenters. The zero-order chi connectivity index (χ0) is 16.7. The zero-order valence-electron chi connectivity index (χ0n) is 13.2. The number of carbonyl (C=O) groups excluding carboxylic acids is 1. The lowest BCUT2D eigenvalue weighted by Crippen LogP contribution is -2.33. The highest BCUT2D eigenvalue weighted by molar-refractivity contribution is 5.79. The molecule has 0 aliphatic carbocycles. The van der Waals surface area contributed by atoms with Gasteiger partial charge in [0.15, 0.2) is 0 Å². The van der Waals surface area contributed by atoms with Gasteiger partial charge in [0.25, 0.3) is 0 Å². The number of rotatable bonds is 8. The normalized spacial score (nSPS) is 12.1. The Morgan fingerprint density at radius 2 is 2.30 bits per heavy atom. The molecule has 0 radical (unpaired) electrons. The molecule has 1 aromatic carbocycles. The summed E-state index contributed by atoms with van der Waals surface area (Å²) in [4.78, 5) is 13.3. The Balaban J connectivity index is 1.92. The molecule has 0 aliphatic heterocycles. The molecule has 1 heterocycles. The van der Waals surface area contributed by atoms with E-state index >= 15 is 0 Å². The minimum Gasteiger partial charge on any atom is -0.382 e. The lowest BCUT2D eigenvalue weighted by molar-refractivity contribution is -0.124. The summed E-state index contributed by atoms with van der Waals surface area (Å²) in [6.07, 6.45) is 0.742. The Morgan fingerprint density at radius 3 is 3.04 bits per heavy atom. The molecule has 0 saturated carbocycles. The second kappa shape index (κ2) is 8.33. The maximum absolute atomic E-state index is 13.2. The van der Waals surface area contributed by atoms with Gasteiger partial charge in [-0.05, 0) is 37.6 Å². The van der Waals surface area contributed by atoms with Gasteiger partial charge in [-0.2, -0.15) is 4.80 Å². The van der Waals surface area contributed by atoms with Gasteiger partial charge in [-0.3, -0.25) is 4.79 Å². The van der Waals surface area contributed by atoms with Crippen molar-refractivity contribution >= 4 is 5.91 Å². The topological polar surface area (TPSA) is 81.9 Å². The average Bonchev–Trinajstić information content (AvgIpc) is 3.03. The van der Waals surface area contributed by atoms with E-state index in [1.807, 2.05) is 6.92 Å². The first-order valence-corrected chi connectivity index (χ1v) is 7.52. The molecule has 1 aromatic heterocycles. The summed E-state index contributed by atoms with van der Waals surface area (Å²) in [6, 6.07) is 5.31. The third-order valence-corrected chi connectivity index (χ3v) is 3.21. The maximum atomic E-state index is 13.2. The van der Waals surface area contributed by atoms with Crippen LogP contribution in [0.5, 0.6) is 0 Å². The van der Waals surface area contributed by atoms with Crippen LogP contribution in [-0.2, 0) is 9.53 Å². The molecule has 0 bridgehead atoms. The van der Waals surface area contributed by atoms with E-state index in [2.05, 4.69) is 20.7 Å². The van der Waals surface area contributed by atoms with E-state index in [0.717, 1.165) is 6.42 Å². The molecular weight excluding hydrogens is 301 g/mol. The van der Waals surface area contributed by atoms with Gasteiger partial charge in [-0.1, -0.05) is 12.1 Å². The van der Waals surface area contributed by atoms with Crippen molar-refractivity contribution < 1.29 is 13.9 Å². The summed E-state index contributed by atoms with van der Waals surface area (Å²) >= 11 is 0. The fourth-order valence-corrected chi connectivity index (χ4v) is 1.92. The highest BCUT2D eigenvalue weighted by Crippen LogP contribution is 2.15. The van der Waals surface area contributed by atoms with Gasteiger partial charge >= 0.3 is 0 Å². The Hall–Kier alpha value is -2.35. The Morgan fingerprint density at radius 1 is 1.48 bits per heavy atom. The fourth-order valence-electron chi connectivity index (χ4n) is 1.92. The Bertz CT molecular complexity index is 646. The number of ether oxygens (including phenoxy) is 1. The number of nitrogens with zero attached hydrogens (tertiary/aromatic N) is 4. The monoisotopic (exact) mass is 321 g/mol. The minimum atomic E-state index is -0.600. The van der Waals surface area contributed by atoms with Crippen molar-refractivity contribution in [1.29, 1.82) is 0 Å². The molecule has 23 heavy (non-hydrogen) atoms. The first-order valence-electron chi connectivity index (χ1n) is 7.52. The molecule has 0 unspecified atom stereocenters. The van der Waals surface area contributed by atoms with E-state index in [0.29, 0.717) is 25.3 Å². The highest BCUT2D eigenvalue weighted by atomic mass is 19.1. The van der Waals surface area contributed by atoms with Crippen LogP contribution in [0.25, 0.3) is 11.4 Å². The standard InChI is InChI=1S/C15H20FN5O2/c1-3-23-9-5-8-17-15(22)11(2)21-19-14(18-20-21)12-6-4-7-13(16)10-12/h4,6-7,10-11H,3,5,8-9H2,1-2H3,(H,17,22)/t11-/m1/s1. The van der Waals surface area contributed by atoms with Gasteiger partial charge in [-0.15, -0.1) is 10.2 Å². The van der Waals surface area contributed by atoms with Gasteiger partial charge in [0.1, 0.15) is 11.9 Å². The van der Waals surface area contributed by atoms with Gasteiger partial charge < -0.3 is 10.1 Å². The molecule has 7 nitrogen and oxygen atoms in total. The first-order chi connectivity index (χ1) is 11.1. The van der Waals surface area contributed by atoms with Crippen LogP contribution in [0.1, 0.15) is 26.3 Å². The van der Waals surface area contributed by atoms with Crippen LogP contribution < -0.4 is 5.32 Å². The Kier molecular flexibility index (Phi) is 6.16. The van der Waals surface area contributed by atoms with Gasteiger partial charge in [0.2, 0.25) is 11.7 Å². The van der Waals surface area contributed by atoms with Crippen LogP contribution in [0, 0.1) is 5.82 Å². The quantitative estimate of drug-likeness (QED) is 0.747. The van der Waals surface area contributed by atoms with Crippen LogP contribution in [0.2, 0.25) is 0 Å². The molecule has 1 N–H and O–H groups in total. The lowest BCUT2D eigenvalue weighted by atomic mass is 10.2. The van der Waals surface area contributed by atoms with E-state index in [4.69, 9.17) is 4.74 Å². The van der Waals surface area contributed by atoms with E-state index in [1.54, 1.807) is 19.1 Å². The summed E-state index contributed by atoms with van der Waals surface area (Å²) in [7, 11) is 0. The van der Waals surface area contributed by atoms with Crippen molar-refractivity contribution in [3.05, 3.63) is 30.1 Å². The van der Waals surface area contributed by atoms with Crippen molar-refractivity contribution in [2.75, 3.05) is 19.8 Å². The van der Waals surface area contributed by atoms with Crippen LogP contribution >= 0.6 is 0 Å². The predicted octanol–water partition coefficient (Wildman–Crippen LogP) is 1.58. The largest absolute Gasteiger partial charge is 0.382 e. The number of amides is 1. The smallest absolute Gasteiger partial charge is 0.246 e. The van der Waals surface area contributed by atoms with E-state index in [9.17, 15) is 9.18 Å². The number of tetrazole rings is 1. The molecule has 0 fully saturated rings. The first kappa shape index (κ1) is 17.0. The molecule has 0 spiro atoms. The summed E-state index contributed by atoms with van der Waals surface area (Å²) in [5.41, 5.74) is 0.514. The number of hydrogen-bond donors (Lipinski definition) is 1.